The lowest BCUT2D eigenvalue weighted by molar-refractivity contribution is -0.126. The van der Waals surface area contributed by atoms with Crippen LogP contribution in [0.1, 0.15) is 59.3 Å². The minimum absolute atomic E-state index is 0.156. The van der Waals surface area contributed by atoms with Gasteiger partial charge in [0.1, 0.15) is 0 Å². The zero-order valence-corrected chi connectivity index (χ0v) is 14.1. The summed E-state index contributed by atoms with van der Waals surface area (Å²) in [5, 5.41) is 10.0. The lowest BCUT2D eigenvalue weighted by Gasteiger charge is -2.61. The minimum atomic E-state index is 0.156. The van der Waals surface area contributed by atoms with Gasteiger partial charge in [0.05, 0.1) is 0 Å². The Balaban J connectivity index is 1.95. The van der Waals surface area contributed by atoms with Gasteiger partial charge in [0.15, 0.2) is 0 Å². The van der Waals surface area contributed by atoms with Crippen molar-refractivity contribution in [1.29, 1.82) is 0 Å². The van der Waals surface area contributed by atoms with Crippen LogP contribution in [0.4, 0.5) is 0 Å². The second kappa shape index (κ2) is 5.26. The standard InChI is InChI=1S/C20H32O/c1-5-15-7-9-17-16(14(15)2)8-10-18-19(3,13-21)11-6-12-20(17,18)4/h5,7,14,16-18,21H,1,6,8-13H2,2-4H3. The van der Waals surface area contributed by atoms with E-state index in [0.717, 1.165) is 11.8 Å². The quantitative estimate of drug-likeness (QED) is 0.760. The van der Waals surface area contributed by atoms with Crippen molar-refractivity contribution in [3.8, 4) is 0 Å². The topological polar surface area (TPSA) is 20.2 Å². The Morgan fingerprint density at radius 2 is 2.10 bits per heavy atom. The number of hydrogen-bond acceptors (Lipinski definition) is 1. The summed E-state index contributed by atoms with van der Waals surface area (Å²) in [7, 11) is 0. The van der Waals surface area contributed by atoms with Crippen LogP contribution in [-0.4, -0.2) is 11.7 Å². The SMILES string of the molecule is C=CC1=CCC2C(CCC3C(C)(CO)CCCC23C)C1C. The second-order valence-electron chi connectivity index (χ2n) is 8.50. The average Bonchev–Trinajstić information content (AvgIpc) is 2.48. The number of hydrogen-bond donors (Lipinski definition) is 1. The molecule has 1 nitrogen and oxygen atoms in total. The maximum absolute atomic E-state index is 10.0. The molecule has 0 aliphatic heterocycles. The molecule has 0 heterocycles. The van der Waals surface area contributed by atoms with Gasteiger partial charge in [0, 0.05) is 6.61 Å². The molecule has 1 N–H and O–H groups in total. The average molecular weight is 288 g/mol. The first kappa shape index (κ1) is 15.3. The van der Waals surface area contributed by atoms with Crippen molar-refractivity contribution in [3.63, 3.8) is 0 Å². The minimum Gasteiger partial charge on any atom is -0.396 e. The molecule has 3 aliphatic rings. The smallest absolute Gasteiger partial charge is 0.0487 e. The van der Waals surface area contributed by atoms with Crippen LogP contribution in [0.25, 0.3) is 0 Å². The molecule has 2 fully saturated rings. The van der Waals surface area contributed by atoms with Gasteiger partial charge >= 0.3 is 0 Å². The molecule has 1 heteroatoms. The summed E-state index contributed by atoms with van der Waals surface area (Å²) in [4.78, 5) is 0. The lowest BCUT2D eigenvalue weighted by Crippen LogP contribution is -2.55. The molecule has 0 spiro atoms. The van der Waals surface area contributed by atoms with Gasteiger partial charge in [-0.15, -0.1) is 0 Å². The molecule has 2 saturated carbocycles. The van der Waals surface area contributed by atoms with Gasteiger partial charge in [-0.05, 0) is 72.2 Å². The fourth-order valence-corrected chi connectivity index (χ4v) is 6.39. The molecule has 6 atom stereocenters. The van der Waals surface area contributed by atoms with E-state index in [2.05, 4.69) is 39.5 Å². The number of aliphatic hydroxyl groups excluding tert-OH is 1. The highest BCUT2D eigenvalue weighted by Crippen LogP contribution is 2.64. The highest BCUT2D eigenvalue weighted by Gasteiger charge is 2.56. The van der Waals surface area contributed by atoms with Crippen molar-refractivity contribution < 1.29 is 5.11 Å². The van der Waals surface area contributed by atoms with E-state index < -0.39 is 0 Å². The summed E-state index contributed by atoms with van der Waals surface area (Å²) in [6, 6.07) is 0. The summed E-state index contributed by atoms with van der Waals surface area (Å²) in [5.74, 6) is 3.00. The Morgan fingerprint density at radius 1 is 1.33 bits per heavy atom. The van der Waals surface area contributed by atoms with Gasteiger partial charge in [-0.3, -0.25) is 0 Å². The van der Waals surface area contributed by atoms with Crippen LogP contribution in [0.3, 0.4) is 0 Å². The Labute approximate surface area is 130 Å². The summed E-state index contributed by atoms with van der Waals surface area (Å²) in [6.45, 7) is 11.7. The van der Waals surface area contributed by atoms with Gasteiger partial charge in [0.2, 0.25) is 0 Å². The normalized spacial score (nSPS) is 49.8. The van der Waals surface area contributed by atoms with E-state index in [1.807, 2.05) is 0 Å². The molecule has 0 aromatic rings. The van der Waals surface area contributed by atoms with Crippen molar-refractivity contribution in [2.45, 2.75) is 59.3 Å². The molecule has 0 amide bonds. The molecule has 0 aromatic carbocycles. The molecule has 0 saturated heterocycles. The second-order valence-corrected chi connectivity index (χ2v) is 8.50. The third kappa shape index (κ3) is 2.15. The maximum Gasteiger partial charge on any atom is 0.0487 e. The molecule has 118 valence electrons. The van der Waals surface area contributed by atoms with Crippen molar-refractivity contribution in [1.82, 2.24) is 0 Å². The fraction of sp³-hybridized carbons (Fsp3) is 0.800. The largest absolute Gasteiger partial charge is 0.396 e. The first-order valence-electron chi connectivity index (χ1n) is 8.89. The van der Waals surface area contributed by atoms with Crippen LogP contribution in [0.15, 0.2) is 24.3 Å². The molecule has 0 radical (unpaired) electrons. The van der Waals surface area contributed by atoms with Crippen molar-refractivity contribution >= 4 is 0 Å². The Hall–Kier alpha value is -0.560. The molecule has 21 heavy (non-hydrogen) atoms. The summed E-state index contributed by atoms with van der Waals surface area (Å²) in [6.07, 6.45) is 12.3. The Morgan fingerprint density at radius 3 is 2.76 bits per heavy atom. The van der Waals surface area contributed by atoms with Crippen molar-refractivity contribution in [2.24, 2.45) is 34.5 Å². The van der Waals surface area contributed by atoms with Gasteiger partial charge in [-0.2, -0.15) is 0 Å². The van der Waals surface area contributed by atoms with Gasteiger partial charge in [0.25, 0.3) is 0 Å². The van der Waals surface area contributed by atoms with Crippen molar-refractivity contribution in [3.05, 3.63) is 24.3 Å². The number of rotatable bonds is 2. The van der Waals surface area contributed by atoms with Crippen LogP contribution in [-0.2, 0) is 0 Å². The summed E-state index contributed by atoms with van der Waals surface area (Å²) < 4.78 is 0. The molecular weight excluding hydrogens is 256 g/mol. The predicted octanol–water partition coefficient (Wildman–Crippen LogP) is 4.97. The van der Waals surface area contributed by atoms with Gasteiger partial charge in [-0.1, -0.05) is 45.9 Å². The first-order valence-corrected chi connectivity index (χ1v) is 8.89. The highest BCUT2D eigenvalue weighted by atomic mass is 16.3. The van der Waals surface area contributed by atoms with Crippen LogP contribution < -0.4 is 0 Å². The number of fused-ring (bicyclic) bond motifs is 3. The predicted molar refractivity (Wildman–Crippen MR) is 88.9 cm³/mol. The maximum atomic E-state index is 10.0. The lowest BCUT2D eigenvalue weighted by atomic mass is 9.44. The van der Waals surface area contributed by atoms with E-state index in [9.17, 15) is 5.11 Å². The molecule has 0 aromatic heterocycles. The zero-order chi connectivity index (χ0) is 15.3. The van der Waals surface area contributed by atoms with Crippen LogP contribution in [0.2, 0.25) is 0 Å². The van der Waals surface area contributed by atoms with Gasteiger partial charge in [-0.25, -0.2) is 0 Å². The molecular formula is C20H32O. The summed E-state index contributed by atoms with van der Waals surface area (Å²) in [5.41, 5.74) is 2.05. The molecule has 3 aliphatic carbocycles. The molecule has 3 rings (SSSR count). The third-order valence-corrected chi connectivity index (χ3v) is 7.63. The first-order chi connectivity index (χ1) is 9.96. The van der Waals surface area contributed by atoms with E-state index in [1.165, 1.54) is 44.1 Å². The van der Waals surface area contributed by atoms with E-state index in [-0.39, 0.29) is 5.41 Å². The fourth-order valence-electron chi connectivity index (χ4n) is 6.39. The Kier molecular flexibility index (Phi) is 3.84. The monoisotopic (exact) mass is 288 g/mol. The van der Waals surface area contributed by atoms with Crippen molar-refractivity contribution in [2.75, 3.05) is 6.61 Å². The zero-order valence-electron chi connectivity index (χ0n) is 14.1. The van der Waals surface area contributed by atoms with Crippen LogP contribution in [0, 0.1) is 34.5 Å². The number of aliphatic hydroxyl groups is 1. The highest BCUT2D eigenvalue weighted by molar-refractivity contribution is 5.25. The van der Waals surface area contributed by atoms with Crippen LogP contribution >= 0.6 is 0 Å². The molecule has 6 unspecified atom stereocenters. The van der Waals surface area contributed by atoms with E-state index >= 15 is 0 Å². The number of allylic oxidation sites excluding steroid dienone is 3. The summed E-state index contributed by atoms with van der Waals surface area (Å²) >= 11 is 0. The Bertz CT molecular complexity index is 451. The van der Waals surface area contributed by atoms with Crippen LogP contribution in [0.5, 0.6) is 0 Å². The van der Waals surface area contributed by atoms with Gasteiger partial charge < -0.3 is 5.11 Å². The van der Waals surface area contributed by atoms with E-state index in [4.69, 9.17) is 0 Å². The third-order valence-electron chi connectivity index (χ3n) is 7.63. The van der Waals surface area contributed by atoms with E-state index in [1.54, 1.807) is 0 Å². The van der Waals surface area contributed by atoms with E-state index in [0.29, 0.717) is 23.9 Å². The molecule has 0 bridgehead atoms.